The highest BCUT2D eigenvalue weighted by Crippen LogP contribution is 2.57. The predicted molar refractivity (Wildman–Crippen MR) is 116 cm³/mol. The maximum absolute atomic E-state index is 15.1. The number of H-pyrrole nitrogens is 1. The number of carbonyl (C=O) groups is 2. The van der Waals surface area contributed by atoms with Crippen LogP contribution in [0.5, 0.6) is 0 Å². The molecule has 4 aliphatic rings. The molecule has 10 nitrogen and oxygen atoms in total. The van der Waals surface area contributed by atoms with Crippen molar-refractivity contribution in [3.63, 3.8) is 0 Å². The number of aryl methyl sites for hydroxylation is 1. The van der Waals surface area contributed by atoms with Crippen LogP contribution < -0.4 is 10.6 Å². The Kier molecular flexibility index (Phi) is 6.17. The first kappa shape index (κ1) is 24.5. The van der Waals surface area contributed by atoms with Gasteiger partial charge in [0.2, 0.25) is 0 Å². The van der Waals surface area contributed by atoms with Crippen molar-refractivity contribution < 1.29 is 36.6 Å². The van der Waals surface area contributed by atoms with E-state index in [-0.39, 0.29) is 22.7 Å². The van der Waals surface area contributed by atoms with Crippen molar-refractivity contribution >= 4 is 17.8 Å². The largest absolute Gasteiger partial charge is 0.443 e. The Labute approximate surface area is 203 Å². The average molecular weight is 514 g/mol. The van der Waals surface area contributed by atoms with E-state index in [2.05, 4.69) is 30.7 Å². The molecule has 3 atom stereocenters. The quantitative estimate of drug-likeness (QED) is 0.465. The van der Waals surface area contributed by atoms with Gasteiger partial charge in [0.1, 0.15) is 24.6 Å². The second kappa shape index (κ2) is 9.05. The molecule has 2 amide bonds. The van der Waals surface area contributed by atoms with Gasteiger partial charge in [0, 0.05) is 30.3 Å². The Hall–Kier alpha value is -3.16. The zero-order valence-electron chi connectivity index (χ0n) is 19.4. The van der Waals surface area contributed by atoms with Crippen LogP contribution in [-0.2, 0) is 23.1 Å². The molecule has 0 spiro atoms. The van der Waals surface area contributed by atoms with Gasteiger partial charge in [-0.05, 0) is 44.1 Å². The van der Waals surface area contributed by atoms with Crippen molar-refractivity contribution in [3.8, 4) is 0 Å². The summed E-state index contributed by atoms with van der Waals surface area (Å²) >= 11 is 0. The van der Waals surface area contributed by atoms with E-state index in [1.165, 1.54) is 23.9 Å². The molecule has 14 heteroatoms. The average Bonchev–Trinajstić information content (AvgIpc) is 3.43. The summed E-state index contributed by atoms with van der Waals surface area (Å²) in [5.41, 5.74) is 0.546. The first-order chi connectivity index (χ1) is 17.0. The molecule has 2 heterocycles. The Balaban J connectivity index is 1.13. The second-order valence-corrected chi connectivity index (χ2v) is 9.87. The molecule has 0 saturated heterocycles. The van der Waals surface area contributed by atoms with E-state index in [0.717, 1.165) is 19.3 Å². The Morgan fingerprint density at radius 1 is 1.25 bits per heavy atom. The Morgan fingerprint density at radius 3 is 2.67 bits per heavy atom. The maximum atomic E-state index is 15.1. The Bertz CT molecular complexity index is 1130. The second-order valence-electron chi connectivity index (χ2n) is 9.87. The number of halogens is 4. The molecule has 4 aliphatic carbocycles. The molecule has 4 saturated carbocycles. The van der Waals surface area contributed by atoms with E-state index in [0.29, 0.717) is 24.5 Å². The number of alkyl halides is 4. The van der Waals surface area contributed by atoms with Crippen LogP contribution in [0.2, 0.25) is 0 Å². The number of rotatable bonds is 8. The maximum Gasteiger partial charge on any atom is 0.411 e. The third-order valence-electron chi connectivity index (χ3n) is 7.08. The van der Waals surface area contributed by atoms with Crippen LogP contribution in [0.25, 0.3) is 0 Å². The third kappa shape index (κ3) is 5.04. The minimum Gasteiger partial charge on any atom is -0.443 e. The lowest BCUT2D eigenvalue weighted by Gasteiger charge is -2.61. The first-order valence-electron chi connectivity index (χ1n) is 11.7. The topological polar surface area (TPSA) is 123 Å². The molecule has 6 rings (SSSR count). The van der Waals surface area contributed by atoms with Crippen molar-refractivity contribution in [2.75, 3.05) is 11.9 Å². The molecule has 0 radical (unpaired) electrons. The molecule has 0 aromatic carbocycles. The summed E-state index contributed by atoms with van der Waals surface area (Å²) in [5, 5.41) is 16.1. The van der Waals surface area contributed by atoms with Gasteiger partial charge in [-0.2, -0.15) is 23.4 Å². The van der Waals surface area contributed by atoms with Crippen LogP contribution in [0.4, 0.5) is 28.2 Å². The SMILES string of the molecule is Cn1nc(COCC(F)(F)F)cc1C(=O)Nc1cc([C@@H]2CC[C@H](OC(=O)NC34CC(C3)C4)[C@H]2F)[nH]n1. The minimum atomic E-state index is -4.46. The van der Waals surface area contributed by atoms with Gasteiger partial charge in [0.25, 0.3) is 5.91 Å². The molecular formula is C22H26F4N6O4. The summed E-state index contributed by atoms with van der Waals surface area (Å²) < 4.78 is 62.9. The van der Waals surface area contributed by atoms with E-state index < -0.39 is 49.6 Å². The summed E-state index contributed by atoms with van der Waals surface area (Å²) in [6, 6.07) is 2.82. The molecule has 2 bridgehead atoms. The number of anilines is 1. The van der Waals surface area contributed by atoms with Gasteiger partial charge >= 0.3 is 12.3 Å². The zero-order valence-corrected chi connectivity index (χ0v) is 19.4. The van der Waals surface area contributed by atoms with Gasteiger partial charge in [-0.1, -0.05) is 0 Å². The lowest BCUT2D eigenvalue weighted by atomic mass is 9.50. The van der Waals surface area contributed by atoms with Crippen LogP contribution in [0.1, 0.15) is 59.9 Å². The summed E-state index contributed by atoms with van der Waals surface area (Å²) in [4.78, 5) is 24.8. The fraction of sp³-hybridized carbons (Fsp3) is 0.636. The summed E-state index contributed by atoms with van der Waals surface area (Å²) in [6.07, 6.45) is -3.65. The van der Waals surface area contributed by atoms with Crippen molar-refractivity contribution in [2.24, 2.45) is 13.0 Å². The van der Waals surface area contributed by atoms with E-state index in [9.17, 15) is 22.8 Å². The molecule has 36 heavy (non-hydrogen) atoms. The standard InChI is InChI=1S/C22H26F4N6O4/c1-32-15(4-12(31-32)9-35-10-22(24,25)26)19(33)27-17-5-14(29-30-17)13-2-3-16(18(13)23)36-20(34)28-21-6-11(7-21)8-21/h4-5,11,13,16,18H,2-3,6-10H2,1H3,(H,28,34)(H2,27,29,30,33)/t11?,13-,16-,18-,21?/m0/s1. The van der Waals surface area contributed by atoms with Crippen molar-refractivity contribution in [3.05, 3.63) is 29.2 Å². The molecular weight excluding hydrogens is 488 g/mol. The van der Waals surface area contributed by atoms with Gasteiger partial charge < -0.3 is 20.1 Å². The van der Waals surface area contributed by atoms with E-state index in [4.69, 9.17) is 4.74 Å². The van der Waals surface area contributed by atoms with Gasteiger partial charge in [-0.3, -0.25) is 14.6 Å². The lowest BCUT2D eigenvalue weighted by Crippen LogP contribution is -2.68. The molecule has 0 aliphatic heterocycles. The fourth-order valence-electron chi connectivity index (χ4n) is 5.24. The number of aromatic nitrogens is 4. The zero-order chi connectivity index (χ0) is 25.7. The summed E-state index contributed by atoms with van der Waals surface area (Å²) in [5.74, 6) is -0.337. The third-order valence-corrected chi connectivity index (χ3v) is 7.08. The predicted octanol–water partition coefficient (Wildman–Crippen LogP) is 3.34. The van der Waals surface area contributed by atoms with Crippen LogP contribution in [0.15, 0.2) is 12.1 Å². The Morgan fingerprint density at radius 2 is 2.00 bits per heavy atom. The molecule has 0 unspecified atom stereocenters. The van der Waals surface area contributed by atoms with Crippen molar-refractivity contribution in [2.45, 2.75) is 68.6 Å². The highest BCUT2D eigenvalue weighted by atomic mass is 19.4. The number of aromatic amines is 1. The minimum absolute atomic E-state index is 0.0811. The number of amides is 2. The number of hydrogen-bond acceptors (Lipinski definition) is 6. The van der Waals surface area contributed by atoms with Crippen molar-refractivity contribution in [1.29, 1.82) is 0 Å². The van der Waals surface area contributed by atoms with Crippen LogP contribution in [0.3, 0.4) is 0 Å². The summed E-state index contributed by atoms with van der Waals surface area (Å²) in [7, 11) is 1.47. The lowest BCUT2D eigenvalue weighted by molar-refractivity contribution is -0.176. The number of ether oxygens (including phenoxy) is 2. The fourth-order valence-corrected chi connectivity index (χ4v) is 5.24. The number of nitrogens with one attached hydrogen (secondary N) is 3. The number of alkyl carbamates (subject to hydrolysis) is 1. The smallest absolute Gasteiger partial charge is 0.411 e. The molecule has 2 aromatic rings. The summed E-state index contributed by atoms with van der Waals surface area (Å²) in [6.45, 7) is -1.83. The number of carbonyl (C=O) groups excluding carboxylic acids is 2. The highest BCUT2D eigenvalue weighted by molar-refractivity contribution is 6.02. The van der Waals surface area contributed by atoms with Crippen LogP contribution in [0, 0.1) is 5.92 Å². The monoisotopic (exact) mass is 514 g/mol. The van der Waals surface area contributed by atoms with E-state index >= 15 is 4.39 Å². The molecule has 2 aromatic heterocycles. The molecule has 196 valence electrons. The molecule has 4 fully saturated rings. The van der Waals surface area contributed by atoms with Crippen molar-refractivity contribution in [1.82, 2.24) is 25.3 Å². The first-order valence-corrected chi connectivity index (χ1v) is 11.7. The van der Waals surface area contributed by atoms with E-state index in [1.807, 2.05) is 0 Å². The van der Waals surface area contributed by atoms with Gasteiger partial charge in [0.05, 0.1) is 12.3 Å². The number of nitrogens with zero attached hydrogens (tertiary/aromatic N) is 3. The molecule has 3 N–H and O–H groups in total. The van der Waals surface area contributed by atoms with Crippen LogP contribution >= 0.6 is 0 Å². The normalized spacial score (nSPS) is 28.8. The van der Waals surface area contributed by atoms with E-state index in [1.54, 1.807) is 0 Å². The van der Waals surface area contributed by atoms with Gasteiger partial charge in [0.15, 0.2) is 5.82 Å². The van der Waals surface area contributed by atoms with Gasteiger partial charge in [-0.15, -0.1) is 0 Å². The van der Waals surface area contributed by atoms with Crippen LogP contribution in [-0.4, -0.2) is 62.6 Å². The number of hydrogen-bond donors (Lipinski definition) is 3. The van der Waals surface area contributed by atoms with Gasteiger partial charge in [-0.25, -0.2) is 9.18 Å². The highest BCUT2D eigenvalue weighted by Gasteiger charge is 2.58.